The third kappa shape index (κ3) is 6.10. The van der Waals surface area contributed by atoms with Gasteiger partial charge in [-0.15, -0.1) is 46.2 Å². The van der Waals surface area contributed by atoms with Gasteiger partial charge in [-0.1, -0.05) is 5.16 Å². The van der Waals surface area contributed by atoms with Crippen LogP contribution in [0.5, 0.6) is 11.5 Å². The van der Waals surface area contributed by atoms with E-state index >= 15 is 0 Å². The van der Waals surface area contributed by atoms with E-state index < -0.39 is 53.2 Å². The van der Waals surface area contributed by atoms with E-state index in [0.29, 0.717) is 14.5 Å². The molecule has 19 heteroatoms. The average Bonchev–Trinajstić information content (AvgIpc) is 3.38. The average molecular weight is 666 g/mol. The van der Waals surface area contributed by atoms with Crippen molar-refractivity contribution in [3.05, 3.63) is 50.8 Å². The summed E-state index contributed by atoms with van der Waals surface area (Å²) in [6.07, 6.45) is 0. The molecule has 2 aliphatic rings. The van der Waals surface area contributed by atoms with Crippen molar-refractivity contribution in [1.29, 1.82) is 0 Å². The number of aromatic hydroxyl groups is 2. The highest BCUT2D eigenvalue weighted by atomic mass is 32.2. The van der Waals surface area contributed by atoms with E-state index in [-0.39, 0.29) is 44.6 Å². The van der Waals surface area contributed by atoms with Gasteiger partial charge in [0, 0.05) is 39.1 Å². The minimum absolute atomic E-state index is 0.00116. The van der Waals surface area contributed by atoms with Gasteiger partial charge in [0.2, 0.25) is 6.61 Å². The number of fused-ring (bicyclic) bond motifs is 2. The van der Waals surface area contributed by atoms with Gasteiger partial charge in [-0.2, -0.15) is 0 Å². The van der Waals surface area contributed by atoms with Crippen molar-refractivity contribution in [1.82, 2.24) is 15.2 Å². The lowest BCUT2D eigenvalue weighted by molar-refractivity contribution is -0.150. The van der Waals surface area contributed by atoms with Gasteiger partial charge in [-0.3, -0.25) is 19.3 Å². The molecule has 4 heterocycles. The number of benzene rings is 1. The fourth-order valence-corrected chi connectivity index (χ4v) is 8.42. The summed E-state index contributed by atoms with van der Waals surface area (Å²) in [5.74, 6) is -4.71. The maximum atomic E-state index is 13.1. The van der Waals surface area contributed by atoms with Crippen molar-refractivity contribution in [3.8, 4) is 11.5 Å². The topological polar surface area (TPSA) is 242 Å². The van der Waals surface area contributed by atoms with E-state index in [0.717, 1.165) is 16.2 Å². The molecule has 2 aromatic heterocycles. The molecular weight excluding hydrogens is 647 g/mol. The molecule has 1 fully saturated rings. The molecule has 0 unspecified atom stereocenters. The third-order valence-corrected chi connectivity index (χ3v) is 10.4. The van der Waals surface area contributed by atoms with Crippen LogP contribution >= 0.6 is 46.2 Å². The molecule has 0 aliphatic carbocycles. The summed E-state index contributed by atoms with van der Waals surface area (Å²) >= 11 is 4.59. The minimum Gasteiger partial charge on any atom is -0.504 e. The highest BCUT2D eigenvalue weighted by Crippen LogP contribution is 2.42. The van der Waals surface area contributed by atoms with Crippen LogP contribution in [0.2, 0.25) is 0 Å². The van der Waals surface area contributed by atoms with Gasteiger partial charge in [0.05, 0.1) is 4.21 Å². The van der Waals surface area contributed by atoms with Crippen LogP contribution in [0.3, 0.4) is 0 Å². The lowest BCUT2D eigenvalue weighted by atomic mass is 10.0. The Morgan fingerprint density at radius 2 is 1.93 bits per heavy atom. The van der Waals surface area contributed by atoms with Crippen molar-refractivity contribution in [2.24, 2.45) is 5.16 Å². The van der Waals surface area contributed by atoms with E-state index in [4.69, 9.17) is 15.7 Å². The normalized spacial score (nSPS) is 18.3. The Morgan fingerprint density at radius 1 is 1.19 bits per heavy atom. The fraction of sp³-hybridized carbons (Fsp3) is 0.208. The van der Waals surface area contributed by atoms with E-state index in [1.54, 1.807) is 0 Å². The lowest BCUT2D eigenvalue weighted by Crippen LogP contribution is -2.71. The van der Waals surface area contributed by atoms with Crippen molar-refractivity contribution in [2.45, 2.75) is 15.6 Å². The zero-order valence-electron chi connectivity index (χ0n) is 21.4. The standard InChI is InChI=1S/C24H19N5O10S4/c25-24-26-10(7-42-24)17(28-39-4-15(33)34)20(35)27-18-21(36)29-19(23(37)38)8(6-41-22(18)29)5-40-16-3-11(30)9-1-12(31)13(32)2-14(9)43-16/h1-3,7,18,22,31-32H,4-6H2,(H2,25,26)(H,27,35)(H,33,34)(H,37,38)/b28-17+/t18-,22-/m1/s1. The first kappa shape index (κ1) is 30.1. The first-order chi connectivity index (χ1) is 20.4. The van der Waals surface area contributed by atoms with Gasteiger partial charge < -0.3 is 36.3 Å². The monoisotopic (exact) mass is 665 g/mol. The van der Waals surface area contributed by atoms with Gasteiger partial charge in [-0.05, 0) is 11.6 Å². The van der Waals surface area contributed by atoms with Gasteiger partial charge in [0.1, 0.15) is 22.8 Å². The van der Waals surface area contributed by atoms with E-state index in [9.17, 15) is 39.3 Å². The van der Waals surface area contributed by atoms with Gasteiger partial charge >= 0.3 is 11.9 Å². The van der Waals surface area contributed by atoms with Crippen LogP contribution in [0.15, 0.2) is 49.0 Å². The number of hydrogen-bond donors (Lipinski definition) is 6. The number of thiazole rings is 1. The Hall–Kier alpha value is -4.33. The molecule has 2 amide bonds. The first-order valence-electron chi connectivity index (χ1n) is 11.9. The van der Waals surface area contributed by atoms with Gasteiger partial charge in [0.15, 0.2) is 27.8 Å². The summed E-state index contributed by atoms with van der Waals surface area (Å²) in [6.45, 7) is -0.833. The fourth-order valence-electron chi connectivity index (χ4n) is 4.14. The van der Waals surface area contributed by atoms with Crippen LogP contribution in [0.1, 0.15) is 5.69 Å². The summed E-state index contributed by atoms with van der Waals surface area (Å²) in [5, 5.41) is 45.3. The van der Waals surface area contributed by atoms with E-state index in [1.165, 1.54) is 58.4 Å². The number of β-lactam (4-membered cyclic amide) rings is 1. The van der Waals surface area contributed by atoms with Crippen LogP contribution in [-0.4, -0.2) is 89.3 Å². The Kier molecular flexibility index (Phi) is 8.49. The van der Waals surface area contributed by atoms with Crippen molar-refractivity contribution >= 4 is 90.9 Å². The number of hydrogen-bond acceptors (Lipinski definition) is 15. The molecule has 15 nitrogen and oxygen atoms in total. The Bertz CT molecular complexity index is 1800. The van der Waals surface area contributed by atoms with Gasteiger partial charge in [-0.25, -0.2) is 14.6 Å². The predicted octanol–water partition coefficient (Wildman–Crippen LogP) is 1.05. The highest BCUT2D eigenvalue weighted by Gasteiger charge is 2.54. The maximum absolute atomic E-state index is 13.1. The second-order valence-corrected chi connectivity index (χ2v) is 13.2. The molecule has 7 N–H and O–H groups in total. The zero-order valence-corrected chi connectivity index (χ0v) is 24.6. The largest absolute Gasteiger partial charge is 0.504 e. The number of phenols is 2. The molecule has 2 atom stereocenters. The number of nitrogen functional groups attached to an aromatic ring is 1. The predicted molar refractivity (Wildman–Crippen MR) is 158 cm³/mol. The molecule has 224 valence electrons. The summed E-state index contributed by atoms with van der Waals surface area (Å²) in [5.41, 5.74) is 5.03. The summed E-state index contributed by atoms with van der Waals surface area (Å²) in [6, 6.07) is 2.69. The molecule has 5 rings (SSSR count). The van der Waals surface area contributed by atoms with Crippen LogP contribution in [0.25, 0.3) is 10.1 Å². The zero-order chi connectivity index (χ0) is 31.0. The van der Waals surface area contributed by atoms with Crippen molar-refractivity contribution in [2.75, 3.05) is 23.8 Å². The summed E-state index contributed by atoms with van der Waals surface area (Å²) in [7, 11) is 0. The molecule has 0 radical (unpaired) electrons. The van der Waals surface area contributed by atoms with Crippen molar-refractivity contribution < 1.29 is 44.4 Å². The highest BCUT2D eigenvalue weighted by molar-refractivity contribution is 8.02. The molecule has 43 heavy (non-hydrogen) atoms. The summed E-state index contributed by atoms with van der Waals surface area (Å²) in [4.78, 5) is 71.5. The van der Waals surface area contributed by atoms with Crippen molar-refractivity contribution in [3.63, 3.8) is 0 Å². The molecule has 1 aromatic carbocycles. The number of amides is 2. The van der Waals surface area contributed by atoms with Crippen LogP contribution in [-0.2, 0) is 24.0 Å². The van der Waals surface area contributed by atoms with Gasteiger partial charge in [0.25, 0.3) is 11.8 Å². The molecule has 0 bridgehead atoms. The van der Waals surface area contributed by atoms with Crippen LogP contribution < -0.4 is 16.5 Å². The second-order valence-electron chi connectivity index (χ2n) is 8.85. The molecule has 1 saturated heterocycles. The SMILES string of the molecule is Nc1nc(/C(=N\OCC(=O)O)C(=O)N[C@@H]2C(=O)N3C(C(=O)O)=C(CSc4cc(=O)c5cc(O)c(O)cc5s4)CS[C@H]23)cs1. The number of nitrogens with one attached hydrogen (secondary N) is 1. The number of nitrogens with zero attached hydrogens (tertiary/aromatic N) is 3. The number of nitrogens with two attached hydrogens (primary N) is 1. The Labute approximate surface area is 256 Å². The number of oxime groups is 1. The molecule has 0 spiro atoms. The molecule has 0 saturated carbocycles. The number of aromatic nitrogens is 1. The first-order valence-corrected chi connectivity index (χ1v) is 15.6. The lowest BCUT2D eigenvalue weighted by Gasteiger charge is -2.49. The number of carboxylic acid groups (broad SMARTS) is 2. The van der Waals surface area contributed by atoms with E-state index in [2.05, 4.69) is 15.5 Å². The Morgan fingerprint density at radius 3 is 2.60 bits per heavy atom. The van der Waals surface area contributed by atoms with Crippen LogP contribution in [0.4, 0.5) is 5.13 Å². The number of phenolic OH excluding ortho intramolecular Hbond substituents is 2. The number of carboxylic acids is 2. The quantitative estimate of drug-likeness (QED) is 0.0583. The third-order valence-electron chi connectivity index (χ3n) is 6.05. The molecular formula is C24H19N5O10S4. The van der Waals surface area contributed by atoms with Crippen LogP contribution in [0, 0.1) is 0 Å². The number of aliphatic carboxylic acids is 2. The maximum Gasteiger partial charge on any atom is 0.352 e. The minimum atomic E-state index is -1.34. The number of carbonyl (C=O) groups is 4. The summed E-state index contributed by atoms with van der Waals surface area (Å²) < 4.78 is 0.968. The number of rotatable bonds is 10. The van der Waals surface area contributed by atoms with E-state index in [1.807, 2.05) is 0 Å². The number of carbonyl (C=O) groups excluding carboxylic acids is 2. The number of anilines is 1. The Balaban J connectivity index is 1.32. The number of thioether (sulfide) groups is 2. The smallest absolute Gasteiger partial charge is 0.352 e. The molecule has 2 aliphatic heterocycles. The second kappa shape index (κ2) is 12.1. The molecule has 3 aromatic rings.